The number of hydrogen-bond donors (Lipinski definition) is 1. The molecule has 3 heteroatoms. The molecule has 0 aliphatic heterocycles. The molecule has 0 saturated heterocycles. The lowest BCUT2D eigenvalue weighted by Gasteiger charge is -2.29. The summed E-state index contributed by atoms with van der Waals surface area (Å²) in [6.07, 6.45) is 1.26. The highest BCUT2D eigenvalue weighted by Crippen LogP contribution is 2.07. The fourth-order valence-electron chi connectivity index (χ4n) is 1.84. The van der Waals surface area contributed by atoms with Gasteiger partial charge in [0.05, 0.1) is 6.10 Å². The van der Waals surface area contributed by atoms with E-state index in [1.54, 1.807) is 0 Å². The van der Waals surface area contributed by atoms with Crippen LogP contribution in [-0.4, -0.2) is 43.3 Å². The van der Waals surface area contributed by atoms with Gasteiger partial charge >= 0.3 is 0 Å². The molecule has 3 nitrogen and oxygen atoms in total. The van der Waals surface area contributed by atoms with Crippen LogP contribution in [0.15, 0.2) is 0 Å². The van der Waals surface area contributed by atoms with Crippen molar-refractivity contribution in [3.8, 4) is 0 Å². The third kappa shape index (κ3) is 7.20. The fraction of sp³-hybridized carbons (Fsp3) is 1.00. The largest absolute Gasteiger partial charge is 0.377 e. The SMILES string of the molecule is CCOC(CN)CCN(CC(C)C)C(C)C. The van der Waals surface area contributed by atoms with E-state index in [1.807, 2.05) is 6.92 Å². The Kier molecular flexibility index (Phi) is 8.90. The van der Waals surface area contributed by atoms with Gasteiger partial charge in [0.2, 0.25) is 0 Å². The summed E-state index contributed by atoms with van der Waals surface area (Å²) >= 11 is 0. The van der Waals surface area contributed by atoms with Crippen LogP contribution in [-0.2, 0) is 4.74 Å². The predicted molar refractivity (Wildman–Crippen MR) is 70.6 cm³/mol. The van der Waals surface area contributed by atoms with Crippen molar-refractivity contribution < 1.29 is 4.74 Å². The monoisotopic (exact) mass is 230 g/mol. The highest BCUT2D eigenvalue weighted by Gasteiger charge is 2.14. The van der Waals surface area contributed by atoms with Crippen molar-refractivity contribution in [1.82, 2.24) is 4.90 Å². The van der Waals surface area contributed by atoms with Crippen LogP contribution in [0.5, 0.6) is 0 Å². The van der Waals surface area contributed by atoms with E-state index in [4.69, 9.17) is 10.5 Å². The number of rotatable bonds is 9. The lowest BCUT2D eigenvalue weighted by atomic mass is 10.1. The van der Waals surface area contributed by atoms with Gasteiger partial charge in [0, 0.05) is 32.3 Å². The Bertz CT molecular complexity index is 160. The van der Waals surface area contributed by atoms with Gasteiger partial charge in [-0.05, 0) is 33.1 Å². The van der Waals surface area contributed by atoms with Crippen molar-refractivity contribution in [2.75, 3.05) is 26.2 Å². The van der Waals surface area contributed by atoms with Gasteiger partial charge in [-0.3, -0.25) is 0 Å². The first-order chi connectivity index (χ1) is 7.51. The predicted octanol–water partition coefficient (Wildman–Crippen LogP) is 2.11. The normalized spacial score (nSPS) is 14.1. The van der Waals surface area contributed by atoms with Crippen molar-refractivity contribution in [1.29, 1.82) is 0 Å². The maximum absolute atomic E-state index is 5.68. The summed E-state index contributed by atoms with van der Waals surface area (Å²) in [7, 11) is 0. The molecule has 0 aromatic heterocycles. The van der Waals surface area contributed by atoms with Crippen molar-refractivity contribution in [2.45, 2.75) is 53.2 Å². The summed E-state index contributed by atoms with van der Waals surface area (Å²) in [5, 5.41) is 0. The smallest absolute Gasteiger partial charge is 0.0709 e. The molecule has 0 aromatic rings. The molecule has 0 aliphatic rings. The van der Waals surface area contributed by atoms with Gasteiger partial charge in [0.25, 0.3) is 0 Å². The van der Waals surface area contributed by atoms with Gasteiger partial charge < -0.3 is 15.4 Å². The topological polar surface area (TPSA) is 38.5 Å². The molecular formula is C13H30N2O. The van der Waals surface area contributed by atoms with Crippen LogP contribution in [0.3, 0.4) is 0 Å². The molecule has 1 unspecified atom stereocenters. The Labute approximate surface area is 101 Å². The average molecular weight is 230 g/mol. The summed E-state index contributed by atoms with van der Waals surface area (Å²) in [5.41, 5.74) is 5.68. The number of hydrogen-bond acceptors (Lipinski definition) is 3. The zero-order valence-corrected chi connectivity index (χ0v) is 11.7. The third-order valence-corrected chi connectivity index (χ3v) is 2.73. The Morgan fingerprint density at radius 3 is 2.19 bits per heavy atom. The summed E-state index contributed by atoms with van der Waals surface area (Å²) in [6.45, 7) is 14.7. The van der Waals surface area contributed by atoms with Crippen molar-refractivity contribution in [3.63, 3.8) is 0 Å². The number of ether oxygens (including phenoxy) is 1. The lowest BCUT2D eigenvalue weighted by molar-refractivity contribution is 0.0498. The Morgan fingerprint density at radius 2 is 1.81 bits per heavy atom. The van der Waals surface area contributed by atoms with E-state index in [0.717, 1.165) is 26.1 Å². The maximum Gasteiger partial charge on any atom is 0.0709 e. The zero-order valence-electron chi connectivity index (χ0n) is 11.7. The van der Waals surface area contributed by atoms with E-state index in [-0.39, 0.29) is 6.10 Å². The van der Waals surface area contributed by atoms with E-state index in [2.05, 4.69) is 32.6 Å². The van der Waals surface area contributed by atoms with Crippen LogP contribution in [0, 0.1) is 5.92 Å². The minimum absolute atomic E-state index is 0.221. The van der Waals surface area contributed by atoms with Gasteiger partial charge in [0.1, 0.15) is 0 Å². The fourth-order valence-corrected chi connectivity index (χ4v) is 1.84. The maximum atomic E-state index is 5.68. The zero-order chi connectivity index (χ0) is 12.6. The van der Waals surface area contributed by atoms with Crippen LogP contribution < -0.4 is 5.73 Å². The molecular weight excluding hydrogens is 200 g/mol. The first-order valence-electron chi connectivity index (χ1n) is 6.56. The minimum atomic E-state index is 0.221. The highest BCUT2D eigenvalue weighted by atomic mass is 16.5. The molecule has 0 heterocycles. The van der Waals surface area contributed by atoms with Crippen LogP contribution >= 0.6 is 0 Å². The quantitative estimate of drug-likeness (QED) is 0.659. The van der Waals surface area contributed by atoms with E-state index in [0.29, 0.717) is 18.5 Å². The number of nitrogens with two attached hydrogens (primary N) is 1. The standard InChI is InChI=1S/C13H30N2O/c1-6-16-13(9-14)7-8-15(12(4)5)10-11(2)3/h11-13H,6-10,14H2,1-5H3. The molecule has 0 amide bonds. The molecule has 98 valence electrons. The molecule has 16 heavy (non-hydrogen) atoms. The Balaban J connectivity index is 3.99. The molecule has 0 aromatic carbocycles. The molecule has 0 radical (unpaired) electrons. The molecule has 2 N–H and O–H groups in total. The second-order valence-corrected chi connectivity index (χ2v) is 5.08. The van der Waals surface area contributed by atoms with Gasteiger partial charge in [-0.15, -0.1) is 0 Å². The van der Waals surface area contributed by atoms with E-state index in [9.17, 15) is 0 Å². The van der Waals surface area contributed by atoms with E-state index in [1.165, 1.54) is 0 Å². The number of nitrogens with zero attached hydrogens (tertiary/aromatic N) is 1. The van der Waals surface area contributed by atoms with Crippen molar-refractivity contribution in [2.24, 2.45) is 11.7 Å². The summed E-state index contributed by atoms with van der Waals surface area (Å²) in [4.78, 5) is 2.51. The molecule has 0 spiro atoms. The first-order valence-corrected chi connectivity index (χ1v) is 6.56. The summed E-state index contributed by atoms with van der Waals surface area (Å²) < 4.78 is 5.57. The lowest BCUT2D eigenvalue weighted by Crippen LogP contribution is -2.38. The van der Waals surface area contributed by atoms with Crippen LogP contribution in [0.1, 0.15) is 41.0 Å². The molecule has 1 atom stereocenters. The van der Waals surface area contributed by atoms with Crippen molar-refractivity contribution >= 4 is 0 Å². The molecule has 0 saturated carbocycles. The molecule has 0 fully saturated rings. The molecule has 0 rings (SSSR count). The molecule has 0 aliphatic carbocycles. The minimum Gasteiger partial charge on any atom is -0.377 e. The van der Waals surface area contributed by atoms with Gasteiger partial charge in [-0.1, -0.05) is 13.8 Å². The van der Waals surface area contributed by atoms with E-state index < -0.39 is 0 Å². The Hall–Kier alpha value is -0.120. The summed E-state index contributed by atoms with van der Waals surface area (Å²) in [6, 6.07) is 0.599. The van der Waals surface area contributed by atoms with Crippen LogP contribution in [0.2, 0.25) is 0 Å². The average Bonchev–Trinajstić information content (AvgIpc) is 2.21. The second-order valence-electron chi connectivity index (χ2n) is 5.08. The van der Waals surface area contributed by atoms with Crippen LogP contribution in [0.4, 0.5) is 0 Å². The van der Waals surface area contributed by atoms with Crippen molar-refractivity contribution in [3.05, 3.63) is 0 Å². The van der Waals surface area contributed by atoms with E-state index >= 15 is 0 Å². The van der Waals surface area contributed by atoms with Gasteiger partial charge in [0.15, 0.2) is 0 Å². The molecule has 0 bridgehead atoms. The van der Waals surface area contributed by atoms with Crippen LogP contribution in [0.25, 0.3) is 0 Å². The second kappa shape index (κ2) is 8.97. The van der Waals surface area contributed by atoms with Gasteiger partial charge in [-0.25, -0.2) is 0 Å². The first kappa shape index (κ1) is 15.9. The highest BCUT2D eigenvalue weighted by molar-refractivity contribution is 4.68. The van der Waals surface area contributed by atoms with Gasteiger partial charge in [-0.2, -0.15) is 0 Å². The Morgan fingerprint density at radius 1 is 1.19 bits per heavy atom. The third-order valence-electron chi connectivity index (χ3n) is 2.73. The summed E-state index contributed by atoms with van der Waals surface area (Å²) in [5.74, 6) is 0.714.